The molecule has 0 aliphatic rings. The molecule has 3 nitrogen and oxygen atoms in total. The largest absolute Gasteiger partial charge is 1.00 e. The average molecular weight is 399 g/mol. The summed E-state index contributed by atoms with van der Waals surface area (Å²) in [5.74, 6) is 0. The van der Waals surface area contributed by atoms with E-state index in [1.165, 1.54) is 37.7 Å². The van der Waals surface area contributed by atoms with Crippen molar-refractivity contribution in [2.45, 2.75) is 64.4 Å². The van der Waals surface area contributed by atoms with Crippen LogP contribution in [-0.4, -0.2) is 36.5 Å². The van der Waals surface area contributed by atoms with E-state index in [0.29, 0.717) is 6.54 Å². The van der Waals surface area contributed by atoms with Gasteiger partial charge in [0.1, 0.15) is 0 Å². The van der Waals surface area contributed by atoms with Crippen LogP contribution < -0.4 is 51.4 Å². The molecule has 1 aromatic rings. The van der Waals surface area contributed by atoms with Gasteiger partial charge in [0.25, 0.3) is 0 Å². The number of rotatable bonds is 12. The van der Waals surface area contributed by atoms with E-state index < -0.39 is 0 Å². The topological polar surface area (TPSA) is 54.6 Å². The summed E-state index contributed by atoms with van der Waals surface area (Å²) in [7, 11) is 1.00. The van der Waals surface area contributed by atoms with Crippen molar-refractivity contribution in [3.05, 3.63) is 41.2 Å². The predicted octanol–water partition coefficient (Wildman–Crippen LogP) is 1.32. The Bertz CT molecular complexity index is 328. The van der Waals surface area contributed by atoms with E-state index in [9.17, 15) is 5.11 Å². The normalized spacial score (nSPS) is 10.7. The summed E-state index contributed by atoms with van der Waals surface area (Å²) in [6.07, 6.45) is 9.10. The molecule has 2 N–H and O–H groups in total. The smallest absolute Gasteiger partial charge is 0.660 e. The third kappa shape index (κ3) is 19.6. The van der Waals surface area contributed by atoms with E-state index in [-0.39, 0.29) is 76.0 Å². The summed E-state index contributed by atoms with van der Waals surface area (Å²) in [6.45, 7) is 3.76. The number of hydrogen-bond acceptors (Lipinski definition) is 2. The van der Waals surface area contributed by atoms with Crippen molar-refractivity contribution < 1.29 is 80.2 Å². The van der Waals surface area contributed by atoms with E-state index in [0.717, 1.165) is 32.9 Å². The SMILES string of the molecule is CCCCCCC[N-]CC(O)CCCc1ccccc1.CO.[K+].[V]. The van der Waals surface area contributed by atoms with Gasteiger partial charge in [0.2, 0.25) is 0 Å². The Morgan fingerprint density at radius 2 is 1.58 bits per heavy atom. The van der Waals surface area contributed by atoms with Crippen LogP contribution in [0.25, 0.3) is 5.32 Å². The van der Waals surface area contributed by atoms with Gasteiger partial charge in [0, 0.05) is 31.8 Å². The maximum atomic E-state index is 9.87. The van der Waals surface area contributed by atoms with Gasteiger partial charge in [-0.25, -0.2) is 0 Å². The monoisotopic (exact) mass is 398 g/mol. The van der Waals surface area contributed by atoms with E-state index in [2.05, 4.69) is 36.5 Å². The zero-order chi connectivity index (χ0) is 16.5. The predicted molar refractivity (Wildman–Crippen MR) is 95.4 cm³/mol. The van der Waals surface area contributed by atoms with Crippen LogP contribution in [0.1, 0.15) is 57.4 Å². The van der Waals surface area contributed by atoms with Gasteiger partial charge in [-0.1, -0.05) is 69.4 Å². The van der Waals surface area contributed by atoms with E-state index in [1.54, 1.807) is 0 Å². The fraction of sp³-hybridized carbons (Fsp3) is 0.684. The second kappa shape index (κ2) is 24.3. The van der Waals surface area contributed by atoms with Crippen LogP contribution in [0.15, 0.2) is 30.3 Å². The molecule has 0 aromatic heterocycles. The first-order chi connectivity index (χ1) is 10.8. The minimum absolute atomic E-state index is 0. The van der Waals surface area contributed by atoms with Gasteiger partial charge in [0.05, 0.1) is 0 Å². The third-order valence-electron chi connectivity index (χ3n) is 3.61. The van der Waals surface area contributed by atoms with Crippen LogP contribution in [0.2, 0.25) is 0 Å². The number of aliphatic hydroxyl groups is 2. The molecule has 0 aliphatic heterocycles. The molecule has 133 valence electrons. The molecule has 0 aliphatic carbocycles. The molecule has 1 unspecified atom stereocenters. The molecule has 1 radical (unpaired) electrons. The minimum atomic E-state index is -0.255. The van der Waals surface area contributed by atoms with Gasteiger partial charge in [0.15, 0.2) is 0 Å². The van der Waals surface area contributed by atoms with Crippen molar-refractivity contribution in [1.82, 2.24) is 0 Å². The first kappa shape index (κ1) is 30.1. The van der Waals surface area contributed by atoms with Gasteiger partial charge in [-0.2, -0.15) is 0 Å². The van der Waals surface area contributed by atoms with Gasteiger partial charge >= 0.3 is 51.4 Å². The first-order valence-corrected chi connectivity index (χ1v) is 8.63. The quantitative estimate of drug-likeness (QED) is 0.412. The third-order valence-corrected chi connectivity index (χ3v) is 3.61. The molecular formula is C19H34KNO2V. The Morgan fingerprint density at radius 1 is 0.958 bits per heavy atom. The molecule has 0 amide bonds. The second-order valence-corrected chi connectivity index (χ2v) is 5.58. The minimum Gasteiger partial charge on any atom is -0.660 e. The standard InChI is InChI=1S/C18H30NO.CH4O.K.V/c1-2-3-4-5-9-15-19-16-18(20)14-10-13-17-11-7-6-8-12-17;1-2;;/h6-8,11-12,18,20H,2-5,9-10,13-16H2,1H3;2H,1H3;;/q-1;;+1;. The van der Waals surface area contributed by atoms with Crippen molar-refractivity contribution in [3.63, 3.8) is 0 Å². The maximum Gasteiger partial charge on any atom is 1.00 e. The van der Waals surface area contributed by atoms with E-state index in [4.69, 9.17) is 5.11 Å². The molecule has 0 bridgehead atoms. The Morgan fingerprint density at radius 3 is 2.21 bits per heavy atom. The van der Waals surface area contributed by atoms with Crippen LogP contribution in [0.4, 0.5) is 0 Å². The van der Waals surface area contributed by atoms with Crippen molar-refractivity contribution >= 4 is 0 Å². The average Bonchev–Trinajstić information content (AvgIpc) is 2.57. The Labute approximate surface area is 203 Å². The van der Waals surface area contributed by atoms with E-state index in [1.807, 2.05) is 6.07 Å². The zero-order valence-electron chi connectivity index (χ0n) is 15.8. The molecule has 24 heavy (non-hydrogen) atoms. The van der Waals surface area contributed by atoms with Crippen LogP contribution in [0, 0.1) is 0 Å². The summed E-state index contributed by atoms with van der Waals surface area (Å²) in [4.78, 5) is 0. The van der Waals surface area contributed by atoms with Crippen molar-refractivity contribution in [1.29, 1.82) is 0 Å². The molecule has 5 heteroatoms. The van der Waals surface area contributed by atoms with Crippen molar-refractivity contribution in [2.75, 3.05) is 20.2 Å². The second-order valence-electron chi connectivity index (χ2n) is 5.58. The van der Waals surface area contributed by atoms with Crippen molar-refractivity contribution in [2.24, 2.45) is 0 Å². The number of unbranched alkanes of at least 4 members (excludes halogenated alkanes) is 4. The molecule has 1 atom stereocenters. The van der Waals surface area contributed by atoms with Crippen LogP contribution in [-0.2, 0) is 25.0 Å². The fourth-order valence-corrected chi connectivity index (χ4v) is 2.35. The summed E-state index contributed by atoms with van der Waals surface area (Å²) >= 11 is 0. The van der Waals surface area contributed by atoms with E-state index >= 15 is 0 Å². The van der Waals surface area contributed by atoms with Gasteiger partial charge < -0.3 is 15.5 Å². The molecule has 0 spiro atoms. The first-order valence-electron chi connectivity index (χ1n) is 8.63. The summed E-state index contributed by atoms with van der Waals surface area (Å²) < 4.78 is 0. The van der Waals surface area contributed by atoms with Crippen LogP contribution in [0.3, 0.4) is 0 Å². The molecular weight excluding hydrogens is 364 g/mol. The summed E-state index contributed by atoms with van der Waals surface area (Å²) in [6, 6.07) is 10.5. The number of benzene rings is 1. The van der Waals surface area contributed by atoms with Crippen LogP contribution in [0.5, 0.6) is 0 Å². The number of aryl methyl sites for hydroxylation is 1. The number of hydrogen-bond donors (Lipinski definition) is 2. The number of nitrogens with zero attached hydrogens (tertiary/aromatic N) is 1. The molecule has 0 saturated carbocycles. The Balaban J connectivity index is -0.00000106. The number of aliphatic hydroxyl groups excluding tert-OH is 2. The maximum absolute atomic E-state index is 9.87. The Hall–Kier alpha value is 1.32. The van der Waals surface area contributed by atoms with Crippen LogP contribution >= 0.6 is 0 Å². The van der Waals surface area contributed by atoms with Gasteiger partial charge in [-0.05, 0) is 24.8 Å². The fourth-order valence-electron chi connectivity index (χ4n) is 2.35. The molecule has 0 saturated heterocycles. The molecule has 1 rings (SSSR count). The van der Waals surface area contributed by atoms with Gasteiger partial charge in [-0.3, -0.25) is 0 Å². The van der Waals surface area contributed by atoms with Gasteiger partial charge in [-0.15, -0.1) is 13.1 Å². The van der Waals surface area contributed by atoms with Crippen molar-refractivity contribution in [3.8, 4) is 0 Å². The molecule has 0 heterocycles. The summed E-state index contributed by atoms with van der Waals surface area (Å²) in [5, 5.41) is 21.3. The zero-order valence-corrected chi connectivity index (χ0v) is 20.3. The molecule has 0 fully saturated rings. The Kier molecular flexibility index (Phi) is 30.5. The molecule has 1 aromatic carbocycles. The summed E-state index contributed by atoms with van der Waals surface area (Å²) in [5.41, 5.74) is 1.35.